The zero-order valence-electron chi connectivity index (χ0n) is 15.3. The Bertz CT molecular complexity index is 998. The van der Waals surface area contributed by atoms with Crippen LogP contribution in [0.3, 0.4) is 0 Å². The molecule has 28 heavy (non-hydrogen) atoms. The van der Waals surface area contributed by atoms with Crippen molar-refractivity contribution in [3.8, 4) is 0 Å². The number of hydrogen-bond donors (Lipinski definition) is 1. The molecule has 1 N–H and O–H groups in total. The molecule has 2 atom stereocenters. The van der Waals surface area contributed by atoms with E-state index in [0.29, 0.717) is 23.9 Å². The minimum atomic E-state index is -3.79. The Labute approximate surface area is 168 Å². The Morgan fingerprint density at radius 3 is 2.68 bits per heavy atom. The zero-order chi connectivity index (χ0) is 20.5. The van der Waals surface area contributed by atoms with Gasteiger partial charge in [0.15, 0.2) is 0 Å². The fourth-order valence-corrected chi connectivity index (χ4v) is 4.13. The largest absolute Gasteiger partial charge is 0.370 e. The van der Waals surface area contributed by atoms with Crippen molar-refractivity contribution in [3.63, 3.8) is 0 Å². The number of sulfonamides is 1. The molecule has 2 aromatic rings. The number of ether oxygens (including phenoxy) is 1. The maximum Gasteiger partial charge on any atom is 0.293 e. The molecular formula is C18H20ClN3O5S. The van der Waals surface area contributed by atoms with Crippen molar-refractivity contribution in [1.29, 1.82) is 0 Å². The molecule has 2 unspecified atom stereocenters. The van der Waals surface area contributed by atoms with Crippen LogP contribution in [0.4, 0.5) is 11.4 Å². The average Bonchev–Trinajstić information content (AvgIpc) is 2.68. The van der Waals surface area contributed by atoms with Crippen molar-refractivity contribution < 1.29 is 18.1 Å². The number of nitrogens with one attached hydrogen (secondary N) is 1. The standard InChI is InChI=1S/C18H20ClN3O5S/c1-12-11-27-18(13-4-3-5-14(19)8-13)10-21(12)16-7-6-15(28(25,26)20-2)9-17(16)22(23)24/h3-9,12,18,20H,10-11H2,1-2H3. The van der Waals surface area contributed by atoms with E-state index in [9.17, 15) is 18.5 Å². The highest BCUT2D eigenvalue weighted by molar-refractivity contribution is 7.89. The summed E-state index contributed by atoms with van der Waals surface area (Å²) in [5, 5.41) is 12.2. The molecule has 10 heteroatoms. The summed E-state index contributed by atoms with van der Waals surface area (Å²) in [6.07, 6.45) is -0.310. The first-order valence-corrected chi connectivity index (χ1v) is 10.4. The van der Waals surface area contributed by atoms with Gasteiger partial charge in [-0.2, -0.15) is 0 Å². The number of hydrogen-bond acceptors (Lipinski definition) is 6. The molecule has 0 amide bonds. The van der Waals surface area contributed by atoms with Gasteiger partial charge in [-0.15, -0.1) is 0 Å². The molecule has 8 nitrogen and oxygen atoms in total. The lowest BCUT2D eigenvalue weighted by Crippen LogP contribution is -2.45. The predicted octanol–water partition coefficient (Wildman–Crippen LogP) is 3.12. The number of anilines is 1. The second kappa shape index (κ2) is 8.04. The van der Waals surface area contributed by atoms with Crippen LogP contribution in [0, 0.1) is 10.1 Å². The summed E-state index contributed by atoms with van der Waals surface area (Å²) >= 11 is 6.07. The fraction of sp³-hybridized carbons (Fsp3) is 0.333. The van der Waals surface area contributed by atoms with Gasteiger partial charge in [0.1, 0.15) is 11.8 Å². The van der Waals surface area contributed by atoms with E-state index < -0.39 is 14.9 Å². The van der Waals surface area contributed by atoms with Gasteiger partial charge >= 0.3 is 0 Å². The van der Waals surface area contributed by atoms with Crippen molar-refractivity contribution in [3.05, 3.63) is 63.2 Å². The first-order valence-electron chi connectivity index (χ1n) is 8.58. The summed E-state index contributed by atoms with van der Waals surface area (Å²) in [4.78, 5) is 12.8. The zero-order valence-corrected chi connectivity index (χ0v) is 16.9. The van der Waals surface area contributed by atoms with Gasteiger partial charge < -0.3 is 9.64 Å². The van der Waals surface area contributed by atoms with E-state index >= 15 is 0 Å². The highest BCUT2D eigenvalue weighted by atomic mass is 35.5. The molecule has 1 fully saturated rings. The van der Waals surface area contributed by atoms with E-state index in [0.717, 1.165) is 11.6 Å². The van der Waals surface area contributed by atoms with E-state index in [1.807, 2.05) is 24.0 Å². The normalized spacial score (nSPS) is 20.2. The molecule has 0 aliphatic carbocycles. The first kappa shape index (κ1) is 20.5. The monoisotopic (exact) mass is 425 g/mol. The smallest absolute Gasteiger partial charge is 0.293 e. The third-order valence-electron chi connectivity index (χ3n) is 4.69. The van der Waals surface area contributed by atoms with Gasteiger partial charge in [-0.25, -0.2) is 13.1 Å². The summed E-state index contributed by atoms with van der Waals surface area (Å²) < 4.78 is 32.1. The quantitative estimate of drug-likeness (QED) is 0.583. The van der Waals surface area contributed by atoms with Crippen molar-refractivity contribution in [2.75, 3.05) is 25.1 Å². The van der Waals surface area contributed by atoms with Gasteiger partial charge in [-0.1, -0.05) is 23.7 Å². The summed E-state index contributed by atoms with van der Waals surface area (Å²) in [5.74, 6) is 0. The first-order chi connectivity index (χ1) is 13.2. The van der Waals surface area contributed by atoms with Gasteiger partial charge in [-0.3, -0.25) is 10.1 Å². The van der Waals surface area contributed by atoms with Gasteiger partial charge in [0.05, 0.1) is 16.4 Å². The maximum atomic E-state index is 12.0. The van der Waals surface area contributed by atoms with Crippen molar-refractivity contribution >= 4 is 33.0 Å². The van der Waals surface area contributed by atoms with Crippen LogP contribution in [-0.2, 0) is 14.8 Å². The lowest BCUT2D eigenvalue weighted by molar-refractivity contribution is -0.384. The number of morpholine rings is 1. The lowest BCUT2D eigenvalue weighted by atomic mass is 10.0. The molecule has 1 aliphatic heterocycles. The molecule has 2 aromatic carbocycles. The second-order valence-corrected chi connectivity index (χ2v) is 8.82. The van der Waals surface area contributed by atoms with Crippen molar-refractivity contribution in [2.24, 2.45) is 0 Å². The molecule has 1 saturated heterocycles. The Kier molecular flexibility index (Phi) is 5.90. The molecule has 0 saturated carbocycles. The number of halogens is 1. The fourth-order valence-electron chi connectivity index (χ4n) is 3.18. The Hall–Kier alpha value is -2.20. The Morgan fingerprint density at radius 2 is 2.04 bits per heavy atom. The van der Waals surface area contributed by atoms with Crippen LogP contribution in [0.25, 0.3) is 0 Å². The third-order valence-corrected chi connectivity index (χ3v) is 6.33. The van der Waals surface area contributed by atoms with E-state index in [2.05, 4.69) is 4.72 Å². The maximum absolute atomic E-state index is 12.0. The van der Waals surface area contributed by atoms with Crippen LogP contribution < -0.4 is 9.62 Å². The highest BCUT2D eigenvalue weighted by Gasteiger charge is 2.32. The number of rotatable bonds is 5. The van der Waals surface area contributed by atoms with E-state index in [4.69, 9.17) is 16.3 Å². The highest BCUT2D eigenvalue weighted by Crippen LogP contribution is 2.36. The summed E-state index contributed by atoms with van der Waals surface area (Å²) in [5.41, 5.74) is 0.958. The van der Waals surface area contributed by atoms with Crippen LogP contribution in [0.5, 0.6) is 0 Å². The van der Waals surface area contributed by atoms with Gasteiger partial charge in [0, 0.05) is 23.7 Å². The summed E-state index contributed by atoms with van der Waals surface area (Å²) in [6.45, 7) is 2.64. The summed E-state index contributed by atoms with van der Waals surface area (Å²) in [6, 6.07) is 11.1. The molecule has 1 heterocycles. The molecule has 0 aromatic heterocycles. The van der Waals surface area contributed by atoms with Gasteiger partial charge in [0.2, 0.25) is 10.0 Å². The topological polar surface area (TPSA) is 102 Å². The average molecular weight is 426 g/mol. The molecule has 0 spiro atoms. The summed E-state index contributed by atoms with van der Waals surface area (Å²) in [7, 11) is -2.53. The minimum Gasteiger partial charge on any atom is -0.370 e. The van der Waals surface area contributed by atoms with Crippen LogP contribution in [0.1, 0.15) is 18.6 Å². The van der Waals surface area contributed by atoms with Crippen molar-refractivity contribution in [1.82, 2.24) is 4.72 Å². The van der Waals surface area contributed by atoms with Gasteiger partial charge in [-0.05, 0) is 43.8 Å². The second-order valence-electron chi connectivity index (χ2n) is 6.49. The van der Waals surface area contributed by atoms with E-state index in [1.165, 1.54) is 19.2 Å². The molecular weight excluding hydrogens is 406 g/mol. The van der Waals surface area contributed by atoms with Crippen LogP contribution in [0.15, 0.2) is 47.4 Å². The minimum absolute atomic E-state index is 0.124. The van der Waals surface area contributed by atoms with Gasteiger partial charge in [0.25, 0.3) is 5.69 Å². The molecule has 3 rings (SSSR count). The van der Waals surface area contributed by atoms with Crippen LogP contribution in [-0.4, -0.2) is 39.6 Å². The van der Waals surface area contributed by atoms with Crippen LogP contribution in [0.2, 0.25) is 5.02 Å². The number of nitrogens with zero attached hydrogens (tertiary/aromatic N) is 2. The predicted molar refractivity (Wildman–Crippen MR) is 106 cm³/mol. The Balaban J connectivity index is 1.99. The number of nitro groups is 1. The lowest BCUT2D eigenvalue weighted by Gasteiger charge is -2.39. The molecule has 0 radical (unpaired) electrons. The molecule has 150 valence electrons. The van der Waals surface area contributed by atoms with Crippen LogP contribution >= 0.6 is 11.6 Å². The van der Waals surface area contributed by atoms with Crippen molar-refractivity contribution in [2.45, 2.75) is 24.0 Å². The molecule has 1 aliphatic rings. The SMILES string of the molecule is CNS(=O)(=O)c1ccc(N2CC(c3cccc(Cl)c3)OCC2C)c([N+](=O)[O-])c1. The third kappa shape index (κ3) is 4.12. The Morgan fingerprint density at radius 1 is 1.29 bits per heavy atom. The van der Waals surface area contributed by atoms with E-state index in [-0.39, 0.29) is 22.7 Å². The van der Waals surface area contributed by atoms with E-state index in [1.54, 1.807) is 12.1 Å². The number of nitro benzene ring substituents is 1. The molecule has 0 bridgehead atoms. The number of benzene rings is 2.